The van der Waals surface area contributed by atoms with Crippen LogP contribution in [-0.2, 0) is 31.9 Å². The molecule has 0 unspecified atom stereocenters. The Labute approximate surface area is 158 Å². The summed E-state index contributed by atoms with van der Waals surface area (Å²) in [7, 11) is 0. The Kier molecular flexibility index (Phi) is 13.4. The fraction of sp³-hybridized carbons (Fsp3) is 0.895. The van der Waals surface area contributed by atoms with E-state index in [1.807, 2.05) is 10.9 Å². The van der Waals surface area contributed by atoms with Gasteiger partial charge in [0.1, 0.15) is 0 Å². The van der Waals surface area contributed by atoms with Gasteiger partial charge in [-0.25, -0.2) is 4.68 Å². The summed E-state index contributed by atoms with van der Waals surface area (Å²) in [4.78, 5) is 0. The zero-order valence-electron chi connectivity index (χ0n) is 17.0. The van der Waals surface area contributed by atoms with Crippen LogP contribution in [0.3, 0.4) is 0 Å². The maximum Gasteiger partial charge on any atom is 0.0829 e. The molecule has 0 aliphatic carbocycles. The molecule has 1 aromatic heterocycles. The van der Waals surface area contributed by atoms with Gasteiger partial charge in [0.15, 0.2) is 0 Å². The van der Waals surface area contributed by atoms with Crippen LogP contribution in [-0.4, -0.2) is 67.8 Å². The van der Waals surface area contributed by atoms with Gasteiger partial charge in [-0.1, -0.05) is 32.9 Å². The number of nitrogens with zero attached hydrogens (tertiary/aromatic N) is 3. The molecule has 0 aliphatic heterocycles. The van der Waals surface area contributed by atoms with Crippen molar-refractivity contribution in [2.75, 3.05) is 52.9 Å². The van der Waals surface area contributed by atoms with E-state index in [1.165, 1.54) is 0 Å². The lowest BCUT2D eigenvalue weighted by molar-refractivity contribution is -0.00365. The van der Waals surface area contributed by atoms with Crippen molar-refractivity contribution < 1.29 is 18.9 Å². The number of hydrogen-bond donors (Lipinski definition) is 0. The van der Waals surface area contributed by atoms with E-state index in [0.717, 1.165) is 25.1 Å². The Morgan fingerprint density at radius 1 is 0.769 bits per heavy atom. The molecule has 0 radical (unpaired) electrons. The van der Waals surface area contributed by atoms with Gasteiger partial charge in [0, 0.05) is 12.8 Å². The topological polar surface area (TPSA) is 67.6 Å². The summed E-state index contributed by atoms with van der Waals surface area (Å²) in [6.45, 7) is 14.5. The van der Waals surface area contributed by atoms with Gasteiger partial charge in [-0.15, -0.1) is 5.10 Å². The fourth-order valence-corrected chi connectivity index (χ4v) is 2.20. The Hall–Kier alpha value is -1.02. The lowest BCUT2D eigenvalue weighted by Gasteiger charge is -2.08. The lowest BCUT2D eigenvalue weighted by Crippen LogP contribution is -2.13. The van der Waals surface area contributed by atoms with Crippen LogP contribution in [0.25, 0.3) is 0 Å². The average Bonchev–Trinajstić information content (AvgIpc) is 3.01. The zero-order chi connectivity index (χ0) is 19.0. The Bertz CT molecular complexity index is 438. The summed E-state index contributed by atoms with van der Waals surface area (Å²) in [5, 5.41) is 8.25. The highest BCUT2D eigenvalue weighted by atomic mass is 16.6. The third kappa shape index (κ3) is 13.2. The van der Waals surface area contributed by atoms with Gasteiger partial charge in [0.25, 0.3) is 0 Å². The van der Waals surface area contributed by atoms with Crippen LogP contribution < -0.4 is 0 Å². The maximum atomic E-state index is 5.54. The quantitative estimate of drug-likeness (QED) is 0.392. The minimum atomic E-state index is 0.574. The highest BCUT2D eigenvalue weighted by molar-refractivity contribution is 4.92. The minimum absolute atomic E-state index is 0.574. The second-order valence-electron chi connectivity index (χ2n) is 7.20. The molecular weight excluding hydrogens is 334 g/mol. The van der Waals surface area contributed by atoms with E-state index in [4.69, 9.17) is 18.9 Å². The molecule has 0 bridgehead atoms. The SMILES string of the molecule is CC(C)CCOCCOCCOCCOCCn1cc(CC(C)C)nn1. The molecule has 0 N–H and O–H groups in total. The van der Waals surface area contributed by atoms with Gasteiger partial charge >= 0.3 is 0 Å². The van der Waals surface area contributed by atoms with Crippen LogP contribution in [0, 0.1) is 11.8 Å². The smallest absolute Gasteiger partial charge is 0.0829 e. The number of ether oxygens (including phenoxy) is 4. The molecule has 7 nitrogen and oxygen atoms in total. The predicted octanol–water partition coefficient (Wildman–Crippen LogP) is 2.59. The predicted molar refractivity (Wildman–Crippen MR) is 101 cm³/mol. The number of rotatable bonds is 17. The van der Waals surface area contributed by atoms with E-state index in [-0.39, 0.29) is 0 Å². The van der Waals surface area contributed by atoms with Gasteiger partial charge in [-0.3, -0.25) is 0 Å². The summed E-state index contributed by atoms with van der Waals surface area (Å²) >= 11 is 0. The summed E-state index contributed by atoms with van der Waals surface area (Å²) in [6, 6.07) is 0. The molecule has 0 fully saturated rings. The average molecular weight is 372 g/mol. The molecule has 1 aromatic rings. The molecule has 0 aliphatic rings. The van der Waals surface area contributed by atoms with E-state index in [1.54, 1.807) is 0 Å². The number of hydrogen-bond acceptors (Lipinski definition) is 6. The molecule has 152 valence electrons. The van der Waals surface area contributed by atoms with Gasteiger partial charge in [-0.05, 0) is 24.7 Å². The molecule has 0 amide bonds. The Morgan fingerprint density at radius 2 is 1.31 bits per heavy atom. The van der Waals surface area contributed by atoms with Gasteiger partial charge < -0.3 is 18.9 Å². The van der Waals surface area contributed by atoms with Crippen molar-refractivity contribution in [1.29, 1.82) is 0 Å². The first kappa shape index (κ1) is 23.0. The molecule has 7 heteroatoms. The normalized spacial score (nSPS) is 11.8. The van der Waals surface area contributed by atoms with Crippen LogP contribution >= 0.6 is 0 Å². The van der Waals surface area contributed by atoms with Crippen LogP contribution in [0.5, 0.6) is 0 Å². The summed E-state index contributed by atoms with van der Waals surface area (Å²) in [5.74, 6) is 1.28. The molecule has 0 saturated heterocycles. The molecule has 1 rings (SSSR count). The van der Waals surface area contributed by atoms with Crippen molar-refractivity contribution in [1.82, 2.24) is 15.0 Å². The number of aromatic nitrogens is 3. The highest BCUT2D eigenvalue weighted by Crippen LogP contribution is 2.03. The fourth-order valence-electron chi connectivity index (χ4n) is 2.20. The highest BCUT2D eigenvalue weighted by Gasteiger charge is 2.03. The van der Waals surface area contributed by atoms with Crippen LogP contribution in [0.1, 0.15) is 39.8 Å². The lowest BCUT2D eigenvalue weighted by atomic mass is 10.1. The molecule has 0 spiro atoms. The standard InChI is InChI=1S/C19H37N3O4/c1-17(2)5-7-23-9-11-25-13-14-26-12-10-24-8-6-22-16-19(20-21-22)15-18(3)4/h16-18H,5-15H2,1-4H3. The second-order valence-corrected chi connectivity index (χ2v) is 7.20. The van der Waals surface area contributed by atoms with Crippen molar-refractivity contribution in [2.24, 2.45) is 11.8 Å². The molecule has 26 heavy (non-hydrogen) atoms. The van der Waals surface area contributed by atoms with Crippen molar-refractivity contribution in [3.05, 3.63) is 11.9 Å². The van der Waals surface area contributed by atoms with Crippen molar-refractivity contribution in [2.45, 2.75) is 47.1 Å². The van der Waals surface area contributed by atoms with Gasteiger partial charge in [0.05, 0.1) is 58.5 Å². The first-order chi connectivity index (χ1) is 12.6. The largest absolute Gasteiger partial charge is 0.379 e. The first-order valence-electron chi connectivity index (χ1n) is 9.78. The zero-order valence-corrected chi connectivity index (χ0v) is 17.0. The van der Waals surface area contributed by atoms with Gasteiger partial charge in [0.2, 0.25) is 0 Å². The first-order valence-corrected chi connectivity index (χ1v) is 9.78. The van der Waals surface area contributed by atoms with E-state index in [0.29, 0.717) is 64.6 Å². The summed E-state index contributed by atoms with van der Waals surface area (Å²) in [5.41, 5.74) is 1.04. The molecular formula is C19H37N3O4. The second kappa shape index (κ2) is 15.1. The summed E-state index contributed by atoms with van der Waals surface area (Å²) < 4.78 is 23.8. The van der Waals surface area contributed by atoms with Gasteiger partial charge in [-0.2, -0.15) is 0 Å². The van der Waals surface area contributed by atoms with Crippen molar-refractivity contribution in [3.8, 4) is 0 Å². The van der Waals surface area contributed by atoms with E-state index >= 15 is 0 Å². The van der Waals surface area contributed by atoms with Crippen LogP contribution in [0.2, 0.25) is 0 Å². The molecule has 1 heterocycles. The van der Waals surface area contributed by atoms with E-state index < -0.39 is 0 Å². The third-order valence-electron chi connectivity index (χ3n) is 3.62. The van der Waals surface area contributed by atoms with Crippen molar-refractivity contribution >= 4 is 0 Å². The summed E-state index contributed by atoms with van der Waals surface area (Å²) in [6.07, 6.45) is 4.05. The van der Waals surface area contributed by atoms with E-state index in [2.05, 4.69) is 38.0 Å². The van der Waals surface area contributed by atoms with E-state index in [9.17, 15) is 0 Å². The maximum absolute atomic E-state index is 5.54. The van der Waals surface area contributed by atoms with Crippen LogP contribution in [0.15, 0.2) is 6.20 Å². The molecule has 0 aromatic carbocycles. The van der Waals surface area contributed by atoms with Crippen molar-refractivity contribution in [3.63, 3.8) is 0 Å². The van der Waals surface area contributed by atoms with Crippen LogP contribution in [0.4, 0.5) is 0 Å². The Balaban J connectivity index is 1.81. The minimum Gasteiger partial charge on any atom is -0.379 e. The Morgan fingerprint density at radius 3 is 1.85 bits per heavy atom. The third-order valence-corrected chi connectivity index (χ3v) is 3.62. The monoisotopic (exact) mass is 371 g/mol. The molecule has 0 atom stereocenters. The molecule has 0 saturated carbocycles.